The Morgan fingerprint density at radius 1 is 1.69 bits per heavy atom. The van der Waals surface area contributed by atoms with Gasteiger partial charge in [-0.1, -0.05) is 0 Å². The molecule has 13 heavy (non-hydrogen) atoms. The summed E-state index contributed by atoms with van der Waals surface area (Å²) in [6.45, 7) is 0.570. The summed E-state index contributed by atoms with van der Waals surface area (Å²) in [4.78, 5) is 12.4. The van der Waals surface area contributed by atoms with Crippen molar-refractivity contribution in [1.82, 2.24) is 4.90 Å². The number of allylic oxidation sites excluding steroid dienone is 1. The molecule has 0 N–H and O–H groups in total. The van der Waals surface area contributed by atoms with Crippen LogP contribution in [0.4, 0.5) is 4.79 Å². The highest BCUT2D eigenvalue weighted by Crippen LogP contribution is 2.24. The van der Waals surface area contributed by atoms with Gasteiger partial charge >= 0.3 is 6.09 Å². The fraction of sp³-hybridized carbons (Fsp3) is 0.222. The first-order valence-corrected chi connectivity index (χ1v) is 3.91. The molecule has 0 aliphatic carbocycles. The van der Waals surface area contributed by atoms with Crippen LogP contribution in [0.15, 0.2) is 35.9 Å². The molecule has 4 heteroatoms. The van der Waals surface area contributed by atoms with Crippen molar-refractivity contribution in [2.45, 2.75) is 0 Å². The number of carbonyl (C=O) groups excluding carboxylic acids is 1. The molecule has 0 atom stereocenters. The molecule has 0 aromatic heterocycles. The van der Waals surface area contributed by atoms with Gasteiger partial charge in [0.05, 0.1) is 13.3 Å². The van der Waals surface area contributed by atoms with Crippen LogP contribution in [0.1, 0.15) is 0 Å². The second kappa shape index (κ2) is 2.97. The fourth-order valence-electron chi connectivity index (χ4n) is 1.22. The Morgan fingerprint density at radius 2 is 2.54 bits per heavy atom. The summed E-state index contributed by atoms with van der Waals surface area (Å²) < 4.78 is 9.80. The average Bonchev–Trinajstić information content (AvgIpc) is 2.63. The Morgan fingerprint density at radius 3 is 3.31 bits per heavy atom. The van der Waals surface area contributed by atoms with E-state index in [1.165, 1.54) is 12.0 Å². The van der Waals surface area contributed by atoms with Crippen LogP contribution in [0, 0.1) is 0 Å². The Labute approximate surface area is 75.7 Å². The first-order valence-electron chi connectivity index (χ1n) is 3.91. The summed E-state index contributed by atoms with van der Waals surface area (Å²) in [7, 11) is 1.34. The first-order chi connectivity index (χ1) is 6.31. The molecule has 0 spiro atoms. The molecule has 2 aliphatic rings. The molecule has 0 bridgehead atoms. The predicted molar refractivity (Wildman–Crippen MR) is 45.5 cm³/mol. The zero-order valence-corrected chi connectivity index (χ0v) is 7.19. The van der Waals surface area contributed by atoms with E-state index < -0.39 is 6.09 Å². The van der Waals surface area contributed by atoms with E-state index >= 15 is 0 Å². The van der Waals surface area contributed by atoms with Crippen molar-refractivity contribution < 1.29 is 14.3 Å². The third-order valence-corrected chi connectivity index (χ3v) is 1.88. The van der Waals surface area contributed by atoms with Crippen LogP contribution in [0.3, 0.4) is 0 Å². The van der Waals surface area contributed by atoms with Gasteiger partial charge in [0.2, 0.25) is 0 Å². The topological polar surface area (TPSA) is 38.8 Å². The lowest BCUT2D eigenvalue weighted by Gasteiger charge is -2.16. The summed E-state index contributed by atoms with van der Waals surface area (Å²) in [5, 5.41) is 0. The molecule has 2 rings (SSSR count). The SMILES string of the molecule is COC(=O)N1C=CC2=CCOC2=C1. The van der Waals surface area contributed by atoms with Crippen molar-refractivity contribution in [3.63, 3.8) is 0 Å². The molecule has 1 amide bonds. The maximum Gasteiger partial charge on any atom is 0.417 e. The minimum absolute atomic E-state index is 0.418. The van der Waals surface area contributed by atoms with E-state index in [4.69, 9.17) is 4.74 Å². The molecule has 0 unspecified atom stereocenters. The molecule has 0 aromatic rings. The van der Waals surface area contributed by atoms with Crippen molar-refractivity contribution in [2.24, 2.45) is 0 Å². The molecule has 0 radical (unpaired) electrons. The number of ether oxygens (including phenoxy) is 2. The molecule has 68 valence electrons. The van der Waals surface area contributed by atoms with Crippen molar-refractivity contribution in [1.29, 1.82) is 0 Å². The third-order valence-electron chi connectivity index (χ3n) is 1.88. The van der Waals surface area contributed by atoms with E-state index in [2.05, 4.69) is 4.74 Å². The van der Waals surface area contributed by atoms with E-state index in [1.807, 2.05) is 12.2 Å². The van der Waals surface area contributed by atoms with Crippen LogP contribution in [0.2, 0.25) is 0 Å². The number of carbonyl (C=O) groups is 1. The molecule has 4 nitrogen and oxygen atoms in total. The van der Waals surface area contributed by atoms with Gasteiger partial charge in [-0.25, -0.2) is 4.79 Å². The minimum Gasteiger partial charge on any atom is -0.487 e. The average molecular weight is 179 g/mol. The lowest BCUT2D eigenvalue weighted by Crippen LogP contribution is -2.22. The van der Waals surface area contributed by atoms with Crippen molar-refractivity contribution in [3.8, 4) is 0 Å². The lowest BCUT2D eigenvalue weighted by molar-refractivity contribution is 0.149. The van der Waals surface area contributed by atoms with Crippen molar-refractivity contribution in [3.05, 3.63) is 35.9 Å². The second-order valence-electron chi connectivity index (χ2n) is 2.66. The standard InChI is InChI=1S/C9H9NO3/c1-12-9(11)10-4-2-7-3-5-13-8(7)6-10/h2-4,6H,5H2,1H3. The molecule has 2 aliphatic heterocycles. The smallest absolute Gasteiger partial charge is 0.417 e. The van der Waals surface area contributed by atoms with Gasteiger partial charge in [-0.05, 0) is 12.2 Å². The maximum absolute atomic E-state index is 11.1. The molecule has 0 aromatic carbocycles. The van der Waals surface area contributed by atoms with Crippen LogP contribution < -0.4 is 0 Å². The number of hydrogen-bond donors (Lipinski definition) is 0. The van der Waals surface area contributed by atoms with Gasteiger partial charge in [0.25, 0.3) is 0 Å². The maximum atomic E-state index is 11.1. The highest BCUT2D eigenvalue weighted by atomic mass is 16.5. The number of methoxy groups -OCH3 is 1. The van der Waals surface area contributed by atoms with Gasteiger partial charge in [0, 0.05) is 11.8 Å². The largest absolute Gasteiger partial charge is 0.487 e. The van der Waals surface area contributed by atoms with E-state index in [0.717, 1.165) is 5.57 Å². The highest BCUT2D eigenvalue weighted by Gasteiger charge is 2.19. The van der Waals surface area contributed by atoms with E-state index in [1.54, 1.807) is 12.4 Å². The summed E-state index contributed by atoms with van der Waals surface area (Å²) >= 11 is 0. The molecular formula is C9H9NO3. The van der Waals surface area contributed by atoms with Gasteiger partial charge < -0.3 is 9.47 Å². The minimum atomic E-state index is -0.418. The molecule has 2 heterocycles. The van der Waals surface area contributed by atoms with Gasteiger partial charge in [-0.15, -0.1) is 0 Å². The van der Waals surface area contributed by atoms with Crippen LogP contribution in [-0.4, -0.2) is 24.7 Å². The zero-order valence-electron chi connectivity index (χ0n) is 7.19. The highest BCUT2D eigenvalue weighted by molar-refractivity contribution is 5.71. The number of nitrogens with zero attached hydrogens (tertiary/aromatic N) is 1. The van der Waals surface area contributed by atoms with E-state index in [9.17, 15) is 4.79 Å². The van der Waals surface area contributed by atoms with Crippen LogP contribution in [0.25, 0.3) is 0 Å². The Kier molecular flexibility index (Phi) is 1.81. The lowest BCUT2D eigenvalue weighted by atomic mass is 10.2. The van der Waals surface area contributed by atoms with Crippen LogP contribution in [-0.2, 0) is 9.47 Å². The summed E-state index contributed by atoms with van der Waals surface area (Å²) in [6.07, 6.45) is 6.62. The molecular weight excluding hydrogens is 170 g/mol. The number of rotatable bonds is 0. The van der Waals surface area contributed by atoms with E-state index in [0.29, 0.717) is 12.4 Å². The van der Waals surface area contributed by atoms with E-state index in [-0.39, 0.29) is 0 Å². The Bertz CT molecular complexity index is 328. The van der Waals surface area contributed by atoms with Crippen LogP contribution >= 0.6 is 0 Å². The zero-order chi connectivity index (χ0) is 9.26. The number of amides is 1. The molecule has 0 fully saturated rings. The quantitative estimate of drug-likeness (QED) is 0.564. The monoisotopic (exact) mass is 179 g/mol. The van der Waals surface area contributed by atoms with Gasteiger partial charge in [-0.3, -0.25) is 4.90 Å². The van der Waals surface area contributed by atoms with Gasteiger partial charge in [0.1, 0.15) is 12.4 Å². The third kappa shape index (κ3) is 1.30. The van der Waals surface area contributed by atoms with Crippen molar-refractivity contribution in [2.75, 3.05) is 13.7 Å². The second-order valence-corrected chi connectivity index (χ2v) is 2.66. The van der Waals surface area contributed by atoms with Gasteiger partial charge in [-0.2, -0.15) is 0 Å². The summed E-state index contributed by atoms with van der Waals surface area (Å²) in [6, 6.07) is 0. The van der Waals surface area contributed by atoms with Crippen molar-refractivity contribution >= 4 is 6.09 Å². The summed E-state index contributed by atoms with van der Waals surface area (Å²) in [5.41, 5.74) is 1.01. The first kappa shape index (κ1) is 7.91. The molecule has 0 saturated heterocycles. The molecule has 0 saturated carbocycles. The number of hydrogen-bond acceptors (Lipinski definition) is 3. The van der Waals surface area contributed by atoms with Gasteiger partial charge in [0.15, 0.2) is 0 Å². The van der Waals surface area contributed by atoms with Crippen LogP contribution in [0.5, 0.6) is 0 Å². The Hall–Kier alpha value is -1.71. The Balaban J connectivity index is 2.20. The predicted octanol–water partition coefficient (Wildman–Crippen LogP) is 1.38. The number of fused-ring (bicyclic) bond motifs is 1. The summed E-state index contributed by atoms with van der Waals surface area (Å²) in [5.74, 6) is 0.716. The normalized spacial score (nSPS) is 18.7. The fourth-order valence-corrected chi connectivity index (χ4v) is 1.22.